The van der Waals surface area contributed by atoms with E-state index in [2.05, 4.69) is 10.6 Å². The Bertz CT molecular complexity index is 366. The number of alkyl halides is 3. The zero-order valence-electron chi connectivity index (χ0n) is 11.8. The van der Waals surface area contributed by atoms with Gasteiger partial charge in [0.25, 0.3) is 0 Å². The van der Waals surface area contributed by atoms with Crippen molar-refractivity contribution in [1.29, 1.82) is 0 Å². The van der Waals surface area contributed by atoms with Crippen molar-refractivity contribution in [2.75, 3.05) is 13.1 Å². The van der Waals surface area contributed by atoms with Crippen LogP contribution in [0.25, 0.3) is 0 Å². The number of aliphatic carboxylic acids is 1. The number of hydrogen-bond acceptors (Lipinski definition) is 2. The molecule has 1 fully saturated rings. The molecule has 5 nitrogen and oxygen atoms in total. The van der Waals surface area contributed by atoms with E-state index in [1.807, 2.05) is 0 Å². The number of urea groups is 1. The Kier molecular flexibility index (Phi) is 6.29. The molecule has 0 aliphatic heterocycles. The number of halogens is 3. The van der Waals surface area contributed by atoms with Gasteiger partial charge in [-0.25, -0.2) is 4.79 Å². The van der Waals surface area contributed by atoms with Crippen molar-refractivity contribution in [2.45, 2.75) is 51.1 Å². The molecule has 0 aromatic carbocycles. The number of nitrogens with one attached hydrogen (secondary N) is 2. The lowest BCUT2D eigenvalue weighted by Crippen LogP contribution is -2.47. The third-order valence-corrected chi connectivity index (χ3v) is 3.77. The lowest BCUT2D eigenvalue weighted by atomic mass is 9.74. The average molecular weight is 310 g/mol. The Morgan fingerprint density at radius 2 is 1.71 bits per heavy atom. The van der Waals surface area contributed by atoms with Crippen molar-refractivity contribution in [3.05, 3.63) is 0 Å². The van der Waals surface area contributed by atoms with Crippen molar-refractivity contribution < 1.29 is 27.9 Å². The average Bonchev–Trinajstić information content (AvgIpc) is 2.41. The highest BCUT2D eigenvalue weighted by Crippen LogP contribution is 2.35. The van der Waals surface area contributed by atoms with E-state index in [4.69, 9.17) is 0 Å². The maximum absolute atomic E-state index is 11.9. The third kappa shape index (κ3) is 6.22. The van der Waals surface area contributed by atoms with Gasteiger partial charge >= 0.3 is 18.2 Å². The first-order chi connectivity index (χ1) is 9.75. The molecule has 0 spiro atoms. The predicted octanol–water partition coefficient (Wildman–Crippen LogP) is 2.66. The van der Waals surface area contributed by atoms with Gasteiger partial charge in [-0.05, 0) is 19.3 Å². The van der Waals surface area contributed by atoms with Gasteiger partial charge in [0.05, 0.1) is 5.41 Å². The van der Waals surface area contributed by atoms with Crippen molar-refractivity contribution >= 4 is 12.0 Å². The lowest BCUT2D eigenvalue weighted by molar-refractivity contribution is -0.150. The zero-order chi connectivity index (χ0) is 15.9. The normalized spacial score (nSPS) is 18.0. The van der Waals surface area contributed by atoms with Crippen LogP contribution in [0, 0.1) is 5.41 Å². The highest BCUT2D eigenvalue weighted by atomic mass is 19.4. The summed E-state index contributed by atoms with van der Waals surface area (Å²) in [6.07, 6.45) is -1.75. The molecule has 0 aromatic rings. The van der Waals surface area contributed by atoms with Crippen molar-refractivity contribution in [1.82, 2.24) is 10.6 Å². The lowest BCUT2D eigenvalue weighted by Gasteiger charge is -2.33. The fourth-order valence-electron chi connectivity index (χ4n) is 2.50. The molecular formula is C13H21F3N2O3. The van der Waals surface area contributed by atoms with Gasteiger partial charge in [0.1, 0.15) is 0 Å². The molecule has 0 radical (unpaired) electrons. The summed E-state index contributed by atoms with van der Waals surface area (Å²) in [4.78, 5) is 22.8. The molecule has 1 aliphatic rings. The number of rotatable bonds is 6. The summed E-state index contributed by atoms with van der Waals surface area (Å²) >= 11 is 0. The van der Waals surface area contributed by atoms with Crippen LogP contribution >= 0.6 is 0 Å². The standard InChI is InChI=1S/C13H21F3N2O3/c14-13(15,16)7-4-8-17-11(21)18-9-12(10(19)20)5-2-1-3-6-12/h1-9H2,(H,19,20)(H2,17,18,21). The second-order valence-electron chi connectivity index (χ2n) is 5.47. The summed E-state index contributed by atoms with van der Waals surface area (Å²) in [6, 6.07) is -0.622. The number of carbonyl (C=O) groups excluding carboxylic acids is 1. The Morgan fingerprint density at radius 3 is 2.24 bits per heavy atom. The molecule has 0 unspecified atom stereocenters. The molecule has 0 saturated heterocycles. The SMILES string of the molecule is O=C(NCCCC(F)(F)F)NCC1(C(=O)O)CCCCC1. The van der Waals surface area contributed by atoms with Crippen LogP contribution < -0.4 is 10.6 Å². The Labute approximate surface area is 121 Å². The smallest absolute Gasteiger partial charge is 0.389 e. The van der Waals surface area contributed by atoms with Gasteiger partial charge in [-0.15, -0.1) is 0 Å². The monoisotopic (exact) mass is 310 g/mol. The fraction of sp³-hybridized carbons (Fsp3) is 0.846. The van der Waals surface area contributed by atoms with E-state index in [0.717, 1.165) is 19.3 Å². The van der Waals surface area contributed by atoms with Gasteiger partial charge in [0, 0.05) is 19.5 Å². The molecule has 122 valence electrons. The summed E-state index contributed by atoms with van der Waals surface area (Å²) in [5.41, 5.74) is -0.943. The van der Waals surface area contributed by atoms with Crippen LogP contribution in [0.5, 0.6) is 0 Å². The number of amides is 2. The topological polar surface area (TPSA) is 78.4 Å². The third-order valence-electron chi connectivity index (χ3n) is 3.77. The maximum Gasteiger partial charge on any atom is 0.389 e. The van der Waals surface area contributed by atoms with E-state index in [1.54, 1.807) is 0 Å². The molecule has 2 amide bonds. The number of hydrogen-bond donors (Lipinski definition) is 3. The fourth-order valence-corrected chi connectivity index (χ4v) is 2.50. The van der Waals surface area contributed by atoms with Crippen LogP contribution in [0.3, 0.4) is 0 Å². The van der Waals surface area contributed by atoms with E-state index in [9.17, 15) is 27.9 Å². The molecule has 1 saturated carbocycles. The van der Waals surface area contributed by atoms with E-state index >= 15 is 0 Å². The summed E-state index contributed by atoms with van der Waals surface area (Å²) in [5, 5.41) is 14.1. The zero-order valence-corrected chi connectivity index (χ0v) is 11.8. The molecular weight excluding hydrogens is 289 g/mol. The number of carboxylic acid groups (broad SMARTS) is 1. The Balaban J connectivity index is 2.29. The molecule has 8 heteroatoms. The quantitative estimate of drug-likeness (QED) is 0.660. The van der Waals surface area contributed by atoms with Gasteiger partial charge in [0.15, 0.2) is 0 Å². The van der Waals surface area contributed by atoms with Crippen molar-refractivity contribution in [2.24, 2.45) is 5.41 Å². The van der Waals surface area contributed by atoms with Gasteiger partial charge in [-0.3, -0.25) is 4.79 Å². The predicted molar refractivity (Wildman–Crippen MR) is 69.8 cm³/mol. The van der Waals surface area contributed by atoms with Crippen molar-refractivity contribution in [3.8, 4) is 0 Å². The molecule has 0 bridgehead atoms. The molecule has 3 N–H and O–H groups in total. The van der Waals surface area contributed by atoms with Crippen LogP contribution in [-0.4, -0.2) is 36.4 Å². The van der Waals surface area contributed by atoms with Crippen LogP contribution in [-0.2, 0) is 4.79 Å². The maximum atomic E-state index is 11.9. The number of carbonyl (C=O) groups is 2. The van der Waals surface area contributed by atoms with E-state index in [1.165, 1.54) is 0 Å². The highest BCUT2D eigenvalue weighted by molar-refractivity contribution is 5.78. The molecule has 1 rings (SSSR count). The van der Waals surface area contributed by atoms with Crippen LogP contribution in [0.2, 0.25) is 0 Å². The van der Waals surface area contributed by atoms with Gasteiger partial charge in [-0.2, -0.15) is 13.2 Å². The molecule has 0 atom stereocenters. The van der Waals surface area contributed by atoms with E-state index in [-0.39, 0.29) is 19.5 Å². The van der Waals surface area contributed by atoms with E-state index in [0.29, 0.717) is 12.8 Å². The van der Waals surface area contributed by atoms with Crippen LogP contribution in [0.4, 0.5) is 18.0 Å². The van der Waals surface area contributed by atoms with Crippen molar-refractivity contribution in [3.63, 3.8) is 0 Å². The number of carboxylic acids is 1. The minimum atomic E-state index is -4.23. The minimum Gasteiger partial charge on any atom is -0.481 e. The first kappa shape index (κ1) is 17.6. The first-order valence-electron chi connectivity index (χ1n) is 7.07. The first-order valence-corrected chi connectivity index (χ1v) is 7.07. The van der Waals surface area contributed by atoms with Crippen LogP contribution in [0.15, 0.2) is 0 Å². The van der Waals surface area contributed by atoms with Gasteiger partial charge in [-0.1, -0.05) is 19.3 Å². The van der Waals surface area contributed by atoms with Gasteiger partial charge < -0.3 is 15.7 Å². The molecule has 21 heavy (non-hydrogen) atoms. The highest BCUT2D eigenvalue weighted by Gasteiger charge is 2.39. The summed E-state index contributed by atoms with van der Waals surface area (Å²) in [6.45, 7) is -0.0845. The Morgan fingerprint density at radius 1 is 1.10 bits per heavy atom. The largest absolute Gasteiger partial charge is 0.481 e. The summed E-state index contributed by atoms with van der Waals surface area (Å²) in [7, 11) is 0. The van der Waals surface area contributed by atoms with Gasteiger partial charge in [0.2, 0.25) is 0 Å². The van der Waals surface area contributed by atoms with Crippen LogP contribution in [0.1, 0.15) is 44.9 Å². The Hall–Kier alpha value is -1.47. The molecule has 1 aliphatic carbocycles. The summed E-state index contributed by atoms with van der Waals surface area (Å²) < 4.78 is 35.7. The molecule has 0 aromatic heterocycles. The minimum absolute atomic E-state index is 0.00738. The second-order valence-corrected chi connectivity index (χ2v) is 5.47. The molecule has 0 heterocycles. The summed E-state index contributed by atoms with van der Waals surface area (Å²) in [5.74, 6) is -0.931. The van der Waals surface area contributed by atoms with E-state index < -0.39 is 30.0 Å². The second kappa shape index (κ2) is 7.51.